The first-order chi connectivity index (χ1) is 12.6. The second-order valence-electron chi connectivity index (χ2n) is 7.20. The number of carbonyl (C=O) groups is 2. The van der Waals surface area contributed by atoms with Crippen LogP contribution in [0.15, 0.2) is 30.3 Å². The van der Waals surface area contributed by atoms with Crippen LogP contribution >= 0.6 is 0 Å². The molecule has 3 amide bonds. The van der Waals surface area contributed by atoms with Crippen LogP contribution in [-0.2, 0) is 4.79 Å². The molecule has 0 spiro atoms. The third-order valence-electron chi connectivity index (χ3n) is 5.07. The average Bonchev–Trinajstić information content (AvgIpc) is 2.63. The molecular weight excluding hydrogens is 328 g/mol. The van der Waals surface area contributed by atoms with Crippen LogP contribution in [0.3, 0.4) is 0 Å². The molecule has 1 heterocycles. The Balaban J connectivity index is 1.81. The van der Waals surface area contributed by atoms with Crippen LogP contribution in [0.4, 0.5) is 4.79 Å². The Morgan fingerprint density at radius 2 is 1.85 bits per heavy atom. The molecule has 1 atom stereocenters. The summed E-state index contributed by atoms with van der Waals surface area (Å²) in [6, 6.07) is 10.1. The smallest absolute Gasteiger partial charge is 0.312 e. The second kappa shape index (κ2) is 10.8. The van der Waals surface area contributed by atoms with Crippen molar-refractivity contribution < 1.29 is 9.59 Å². The van der Waals surface area contributed by atoms with Crippen molar-refractivity contribution in [3.8, 4) is 0 Å². The molecule has 0 saturated carbocycles. The maximum Gasteiger partial charge on any atom is 0.312 e. The molecule has 1 fully saturated rings. The Hall–Kier alpha value is -2.08. The molecule has 26 heavy (non-hydrogen) atoms. The number of primary amides is 1. The molecule has 0 bridgehead atoms. The number of urea groups is 1. The van der Waals surface area contributed by atoms with Gasteiger partial charge in [0.15, 0.2) is 0 Å². The zero-order valence-corrected chi connectivity index (χ0v) is 15.7. The van der Waals surface area contributed by atoms with E-state index in [-0.39, 0.29) is 11.9 Å². The van der Waals surface area contributed by atoms with Crippen LogP contribution < -0.4 is 16.4 Å². The van der Waals surface area contributed by atoms with Gasteiger partial charge in [0, 0.05) is 19.5 Å². The van der Waals surface area contributed by atoms with E-state index in [0.717, 1.165) is 31.8 Å². The first-order valence-electron chi connectivity index (χ1n) is 9.65. The second-order valence-corrected chi connectivity index (χ2v) is 7.20. The van der Waals surface area contributed by atoms with Crippen molar-refractivity contribution in [2.24, 2.45) is 11.7 Å². The van der Waals surface area contributed by atoms with Crippen LogP contribution in [0.25, 0.3) is 0 Å². The van der Waals surface area contributed by atoms with E-state index in [0.29, 0.717) is 19.5 Å². The number of carbonyl (C=O) groups excluding carboxylic acids is 2. The molecule has 4 N–H and O–H groups in total. The standard InChI is InChI=1S/C20H32N4O2/c1-16-10-13-24(14-11-16)18(17-7-3-2-4-8-17)15-23-19(25)9-5-6-12-22-20(21)26/h2-4,7-8,16,18H,5-6,9-15H2,1H3,(H,23,25)(H3,21,22,26). The van der Waals surface area contributed by atoms with Gasteiger partial charge in [-0.15, -0.1) is 0 Å². The molecule has 1 aliphatic heterocycles. The minimum atomic E-state index is -0.518. The Bertz CT molecular complexity index is 556. The fourth-order valence-corrected chi connectivity index (χ4v) is 3.39. The normalized spacial score (nSPS) is 16.8. The number of likely N-dealkylation sites (tertiary alicyclic amines) is 1. The molecule has 144 valence electrons. The van der Waals surface area contributed by atoms with E-state index in [1.807, 2.05) is 6.07 Å². The molecule has 0 radical (unpaired) electrons. The van der Waals surface area contributed by atoms with Gasteiger partial charge in [-0.3, -0.25) is 9.69 Å². The largest absolute Gasteiger partial charge is 0.354 e. The molecule has 6 nitrogen and oxygen atoms in total. The first-order valence-corrected chi connectivity index (χ1v) is 9.65. The summed E-state index contributed by atoms with van der Waals surface area (Å²) in [5.41, 5.74) is 6.27. The molecule has 2 rings (SSSR count). The van der Waals surface area contributed by atoms with Crippen molar-refractivity contribution in [2.75, 3.05) is 26.2 Å². The average molecular weight is 361 g/mol. The van der Waals surface area contributed by atoms with Gasteiger partial charge in [-0.1, -0.05) is 37.3 Å². The highest BCUT2D eigenvalue weighted by Crippen LogP contribution is 2.26. The molecule has 1 aliphatic rings. The minimum absolute atomic E-state index is 0.0652. The van der Waals surface area contributed by atoms with Crippen molar-refractivity contribution in [1.29, 1.82) is 0 Å². The summed E-state index contributed by atoms with van der Waals surface area (Å²) in [6.45, 7) is 5.62. The maximum absolute atomic E-state index is 12.2. The molecule has 1 aromatic rings. The van der Waals surface area contributed by atoms with Gasteiger partial charge in [0.1, 0.15) is 0 Å². The Morgan fingerprint density at radius 3 is 2.50 bits per heavy atom. The lowest BCUT2D eigenvalue weighted by Gasteiger charge is -2.37. The van der Waals surface area contributed by atoms with E-state index in [1.54, 1.807) is 0 Å². The van der Waals surface area contributed by atoms with Crippen LogP contribution in [0.1, 0.15) is 50.6 Å². The van der Waals surface area contributed by atoms with E-state index in [4.69, 9.17) is 5.73 Å². The Morgan fingerprint density at radius 1 is 1.15 bits per heavy atom. The first kappa shape index (κ1) is 20.2. The number of rotatable bonds is 9. The third-order valence-corrected chi connectivity index (χ3v) is 5.07. The zero-order valence-electron chi connectivity index (χ0n) is 15.7. The van der Waals surface area contributed by atoms with Gasteiger partial charge in [0.2, 0.25) is 5.91 Å². The van der Waals surface area contributed by atoms with Crippen molar-refractivity contribution in [2.45, 2.75) is 45.1 Å². The predicted octanol–water partition coefficient (Wildman–Crippen LogP) is 2.41. The summed E-state index contributed by atoms with van der Waals surface area (Å²) in [6.07, 6.45) is 4.39. The number of unbranched alkanes of at least 4 members (excludes halogenated alkanes) is 1. The van der Waals surface area contributed by atoms with E-state index in [1.165, 1.54) is 18.4 Å². The quantitative estimate of drug-likeness (QED) is 0.591. The number of benzene rings is 1. The fourth-order valence-electron chi connectivity index (χ4n) is 3.39. The summed E-state index contributed by atoms with van der Waals surface area (Å²) in [5, 5.41) is 5.63. The number of nitrogens with one attached hydrogen (secondary N) is 2. The molecule has 1 unspecified atom stereocenters. The van der Waals surface area contributed by atoms with Gasteiger partial charge < -0.3 is 16.4 Å². The number of nitrogens with zero attached hydrogens (tertiary/aromatic N) is 1. The molecule has 1 aromatic carbocycles. The molecular formula is C20H32N4O2. The van der Waals surface area contributed by atoms with E-state index in [9.17, 15) is 9.59 Å². The van der Waals surface area contributed by atoms with Crippen molar-refractivity contribution in [1.82, 2.24) is 15.5 Å². The van der Waals surface area contributed by atoms with Gasteiger partial charge in [0.25, 0.3) is 0 Å². The van der Waals surface area contributed by atoms with Crippen LogP contribution in [0.2, 0.25) is 0 Å². The number of hydrogen-bond donors (Lipinski definition) is 3. The van der Waals surface area contributed by atoms with E-state index >= 15 is 0 Å². The van der Waals surface area contributed by atoms with Crippen LogP contribution in [0, 0.1) is 5.92 Å². The van der Waals surface area contributed by atoms with Crippen molar-refractivity contribution in [3.05, 3.63) is 35.9 Å². The lowest BCUT2D eigenvalue weighted by molar-refractivity contribution is -0.121. The molecule has 0 aromatic heterocycles. The van der Waals surface area contributed by atoms with Gasteiger partial charge in [0.05, 0.1) is 6.04 Å². The maximum atomic E-state index is 12.2. The van der Waals surface area contributed by atoms with Crippen molar-refractivity contribution >= 4 is 11.9 Å². The lowest BCUT2D eigenvalue weighted by atomic mass is 9.95. The monoisotopic (exact) mass is 360 g/mol. The Labute approximate surface area is 156 Å². The van der Waals surface area contributed by atoms with Gasteiger partial charge in [-0.25, -0.2) is 4.79 Å². The van der Waals surface area contributed by atoms with E-state index < -0.39 is 6.03 Å². The van der Waals surface area contributed by atoms with Gasteiger partial charge in [-0.2, -0.15) is 0 Å². The highest BCUT2D eigenvalue weighted by Gasteiger charge is 2.24. The summed E-state index contributed by atoms with van der Waals surface area (Å²) in [7, 11) is 0. The summed E-state index contributed by atoms with van der Waals surface area (Å²) >= 11 is 0. The summed E-state index contributed by atoms with van der Waals surface area (Å²) < 4.78 is 0. The fraction of sp³-hybridized carbons (Fsp3) is 0.600. The molecule has 6 heteroatoms. The highest BCUT2D eigenvalue weighted by molar-refractivity contribution is 5.75. The number of piperidine rings is 1. The highest BCUT2D eigenvalue weighted by atomic mass is 16.2. The van der Waals surface area contributed by atoms with Crippen molar-refractivity contribution in [3.63, 3.8) is 0 Å². The summed E-state index contributed by atoms with van der Waals surface area (Å²) in [4.78, 5) is 25.3. The SMILES string of the molecule is CC1CCN(C(CNC(=O)CCCCNC(N)=O)c2ccccc2)CC1. The third kappa shape index (κ3) is 7.04. The Kier molecular flexibility index (Phi) is 8.41. The van der Waals surface area contributed by atoms with E-state index in [2.05, 4.69) is 46.7 Å². The minimum Gasteiger partial charge on any atom is -0.354 e. The topological polar surface area (TPSA) is 87.5 Å². The zero-order chi connectivity index (χ0) is 18.8. The summed E-state index contributed by atoms with van der Waals surface area (Å²) in [5.74, 6) is 0.849. The van der Waals surface area contributed by atoms with Crippen LogP contribution in [-0.4, -0.2) is 43.0 Å². The van der Waals surface area contributed by atoms with Gasteiger partial charge in [-0.05, 0) is 50.3 Å². The predicted molar refractivity (Wildman–Crippen MR) is 104 cm³/mol. The molecule has 1 saturated heterocycles. The van der Waals surface area contributed by atoms with Crippen LogP contribution in [0.5, 0.6) is 0 Å². The number of amides is 3. The van der Waals surface area contributed by atoms with Gasteiger partial charge >= 0.3 is 6.03 Å². The molecule has 0 aliphatic carbocycles. The number of nitrogens with two attached hydrogens (primary N) is 1. The lowest BCUT2D eigenvalue weighted by Crippen LogP contribution is -2.42. The number of hydrogen-bond acceptors (Lipinski definition) is 3.